The minimum atomic E-state index is -0.564. The highest BCUT2D eigenvalue weighted by molar-refractivity contribution is 8.10. The average molecular weight is 152 g/mol. The Morgan fingerprint density at radius 2 is 2.12 bits per heavy atom. The molecule has 0 aromatic heterocycles. The molecule has 0 rings (SSSR count). The van der Waals surface area contributed by atoms with Gasteiger partial charge in [-0.25, -0.2) is 0 Å². The van der Waals surface area contributed by atoms with Crippen molar-refractivity contribution in [2.45, 2.75) is 13.8 Å². The third-order valence-corrected chi connectivity index (χ3v) is 3.51. The molecule has 0 radical (unpaired) electrons. The standard InChI is InChI=1S/C5H12OS2/c1-3-7-5-8(6)4-2/h3-5H2,1-2H3/t8-/m0/s1. The summed E-state index contributed by atoms with van der Waals surface area (Å²) in [5.74, 6) is 1.87. The van der Waals surface area contributed by atoms with Crippen molar-refractivity contribution in [3.63, 3.8) is 0 Å². The Morgan fingerprint density at radius 3 is 2.50 bits per heavy atom. The molecule has 0 heterocycles. The zero-order chi connectivity index (χ0) is 6.41. The average Bonchev–Trinajstić information content (AvgIpc) is 1.83. The maximum absolute atomic E-state index is 10.7. The molecule has 0 aliphatic carbocycles. The van der Waals surface area contributed by atoms with E-state index in [2.05, 4.69) is 6.92 Å². The van der Waals surface area contributed by atoms with Crippen molar-refractivity contribution in [2.24, 2.45) is 0 Å². The van der Waals surface area contributed by atoms with Crippen LogP contribution in [0.1, 0.15) is 13.8 Å². The molecule has 50 valence electrons. The van der Waals surface area contributed by atoms with Crippen LogP contribution >= 0.6 is 11.8 Å². The van der Waals surface area contributed by atoms with Crippen molar-refractivity contribution in [1.29, 1.82) is 0 Å². The lowest BCUT2D eigenvalue weighted by molar-refractivity contribution is 0.687. The number of rotatable bonds is 4. The van der Waals surface area contributed by atoms with E-state index < -0.39 is 10.8 Å². The summed E-state index contributed by atoms with van der Waals surface area (Å²) >= 11 is 1.74. The Bertz CT molecular complexity index is 72.8. The molecule has 0 aliphatic rings. The second-order valence-corrected chi connectivity index (χ2v) is 4.72. The van der Waals surface area contributed by atoms with E-state index in [0.717, 1.165) is 16.6 Å². The second-order valence-electron chi connectivity index (χ2n) is 1.34. The quantitative estimate of drug-likeness (QED) is 0.607. The van der Waals surface area contributed by atoms with Crippen LogP contribution in [0.15, 0.2) is 0 Å². The van der Waals surface area contributed by atoms with E-state index in [4.69, 9.17) is 0 Å². The predicted octanol–water partition coefficient (Wildman–Crippen LogP) is 1.47. The van der Waals surface area contributed by atoms with Crippen LogP contribution in [0, 0.1) is 0 Å². The van der Waals surface area contributed by atoms with Crippen molar-refractivity contribution in [1.82, 2.24) is 0 Å². The van der Waals surface area contributed by atoms with E-state index in [1.54, 1.807) is 11.8 Å². The van der Waals surface area contributed by atoms with Gasteiger partial charge in [-0.15, -0.1) is 11.8 Å². The number of hydrogen-bond acceptors (Lipinski definition) is 2. The Morgan fingerprint density at radius 1 is 1.50 bits per heavy atom. The molecule has 1 nitrogen and oxygen atoms in total. The summed E-state index contributed by atoms with van der Waals surface area (Å²) in [6.45, 7) is 4.03. The first-order valence-electron chi connectivity index (χ1n) is 2.74. The van der Waals surface area contributed by atoms with Gasteiger partial charge in [0.05, 0.1) is 5.08 Å². The summed E-state index contributed by atoms with van der Waals surface area (Å²) in [7, 11) is -0.564. The smallest absolute Gasteiger partial charge is 0.0692 e. The molecule has 0 aromatic carbocycles. The molecule has 0 bridgehead atoms. The molecule has 0 spiro atoms. The Kier molecular flexibility index (Phi) is 5.99. The van der Waals surface area contributed by atoms with Gasteiger partial charge in [-0.3, -0.25) is 4.21 Å². The van der Waals surface area contributed by atoms with Gasteiger partial charge in [0, 0.05) is 16.6 Å². The minimum Gasteiger partial charge on any atom is -0.259 e. The SMILES string of the molecule is CCSC[S@@](=O)CC. The van der Waals surface area contributed by atoms with Crippen molar-refractivity contribution < 1.29 is 4.21 Å². The predicted molar refractivity (Wildman–Crippen MR) is 41.7 cm³/mol. The molecule has 1 atom stereocenters. The molecule has 0 saturated heterocycles. The van der Waals surface area contributed by atoms with Crippen molar-refractivity contribution in [3.05, 3.63) is 0 Å². The summed E-state index contributed by atoms with van der Waals surface area (Å²) in [5, 5.41) is 0.812. The van der Waals surface area contributed by atoms with Gasteiger partial charge >= 0.3 is 0 Å². The summed E-state index contributed by atoms with van der Waals surface area (Å²) < 4.78 is 10.7. The third kappa shape index (κ3) is 4.65. The van der Waals surface area contributed by atoms with Gasteiger partial charge in [0.2, 0.25) is 0 Å². The van der Waals surface area contributed by atoms with Crippen LogP contribution in [-0.2, 0) is 10.8 Å². The van der Waals surface area contributed by atoms with E-state index in [1.165, 1.54) is 0 Å². The maximum atomic E-state index is 10.7. The second kappa shape index (κ2) is 5.63. The molecule has 0 amide bonds. The van der Waals surface area contributed by atoms with Crippen LogP contribution in [0.2, 0.25) is 0 Å². The molecular formula is C5H12OS2. The molecule has 0 saturated carbocycles. The molecular weight excluding hydrogens is 140 g/mol. The third-order valence-electron chi connectivity index (χ3n) is 0.741. The normalized spacial score (nSPS) is 13.8. The van der Waals surface area contributed by atoms with Crippen molar-refractivity contribution in [3.8, 4) is 0 Å². The summed E-state index contributed by atoms with van der Waals surface area (Å²) in [6, 6.07) is 0. The van der Waals surface area contributed by atoms with E-state index in [-0.39, 0.29) is 0 Å². The van der Waals surface area contributed by atoms with Crippen LogP contribution < -0.4 is 0 Å². The monoisotopic (exact) mass is 152 g/mol. The number of hydrogen-bond donors (Lipinski definition) is 0. The van der Waals surface area contributed by atoms with Crippen LogP contribution in [0.25, 0.3) is 0 Å². The first kappa shape index (κ1) is 8.50. The van der Waals surface area contributed by atoms with E-state index in [1.807, 2.05) is 6.92 Å². The van der Waals surface area contributed by atoms with Gasteiger partial charge in [0.25, 0.3) is 0 Å². The Labute approximate surface area is 57.7 Å². The molecule has 0 unspecified atom stereocenters. The topological polar surface area (TPSA) is 17.1 Å². The summed E-state index contributed by atoms with van der Waals surface area (Å²) in [5.41, 5.74) is 0. The molecule has 0 aliphatic heterocycles. The highest BCUT2D eigenvalue weighted by Gasteiger charge is 1.91. The maximum Gasteiger partial charge on any atom is 0.0692 e. The molecule has 0 N–H and O–H groups in total. The van der Waals surface area contributed by atoms with Crippen LogP contribution in [-0.4, -0.2) is 20.8 Å². The molecule has 0 aromatic rings. The molecule has 8 heavy (non-hydrogen) atoms. The van der Waals surface area contributed by atoms with E-state index in [9.17, 15) is 4.21 Å². The fourth-order valence-electron chi connectivity index (χ4n) is 0.260. The zero-order valence-corrected chi connectivity index (χ0v) is 6.98. The first-order valence-corrected chi connectivity index (χ1v) is 5.38. The first-order chi connectivity index (χ1) is 3.81. The van der Waals surface area contributed by atoms with Crippen molar-refractivity contribution >= 4 is 22.6 Å². The number of thioether (sulfide) groups is 1. The lowest BCUT2D eigenvalue weighted by Gasteiger charge is -1.93. The van der Waals surface area contributed by atoms with Gasteiger partial charge in [0.15, 0.2) is 0 Å². The Balaban J connectivity index is 2.99. The highest BCUT2D eigenvalue weighted by Crippen LogP contribution is 2.00. The summed E-state index contributed by atoms with van der Waals surface area (Å²) in [4.78, 5) is 0. The van der Waals surface area contributed by atoms with Gasteiger partial charge < -0.3 is 0 Å². The largest absolute Gasteiger partial charge is 0.259 e. The zero-order valence-electron chi connectivity index (χ0n) is 5.35. The van der Waals surface area contributed by atoms with Crippen LogP contribution in [0.4, 0.5) is 0 Å². The molecule has 3 heteroatoms. The molecule has 0 fully saturated rings. The van der Waals surface area contributed by atoms with Gasteiger partial charge in [-0.1, -0.05) is 13.8 Å². The van der Waals surface area contributed by atoms with E-state index in [0.29, 0.717) is 0 Å². The van der Waals surface area contributed by atoms with Crippen molar-refractivity contribution in [2.75, 3.05) is 16.6 Å². The van der Waals surface area contributed by atoms with Gasteiger partial charge in [-0.05, 0) is 5.75 Å². The van der Waals surface area contributed by atoms with Crippen LogP contribution in [0.5, 0.6) is 0 Å². The van der Waals surface area contributed by atoms with Gasteiger partial charge in [-0.2, -0.15) is 0 Å². The fraction of sp³-hybridized carbons (Fsp3) is 1.00. The van der Waals surface area contributed by atoms with Gasteiger partial charge in [0.1, 0.15) is 0 Å². The Hall–Kier alpha value is 0.500. The lowest BCUT2D eigenvalue weighted by atomic mass is 11.0. The van der Waals surface area contributed by atoms with E-state index >= 15 is 0 Å². The fourth-order valence-corrected chi connectivity index (χ4v) is 2.34. The minimum absolute atomic E-state index is 0.564. The highest BCUT2D eigenvalue weighted by atomic mass is 32.2. The van der Waals surface area contributed by atoms with Crippen LogP contribution in [0.3, 0.4) is 0 Å². The summed E-state index contributed by atoms with van der Waals surface area (Å²) in [6.07, 6.45) is 0. The lowest BCUT2D eigenvalue weighted by Crippen LogP contribution is -1.94.